The Hall–Kier alpha value is -2.41. The van der Waals surface area contributed by atoms with Gasteiger partial charge in [-0.1, -0.05) is 59.6 Å². The molecular weight excluding hydrogens is 379 g/mol. The molecule has 1 amide bonds. The van der Waals surface area contributed by atoms with Crippen LogP contribution >= 0.6 is 23.2 Å². The molecule has 0 bridgehead atoms. The van der Waals surface area contributed by atoms with Gasteiger partial charge in [0, 0.05) is 12.8 Å². The maximum absolute atomic E-state index is 12.5. The van der Waals surface area contributed by atoms with Gasteiger partial charge in [0.15, 0.2) is 6.04 Å². The highest BCUT2D eigenvalue weighted by Crippen LogP contribution is 2.26. The molecule has 136 valence electrons. The first-order valence-electron chi connectivity index (χ1n) is 7.62. The van der Waals surface area contributed by atoms with Crippen molar-refractivity contribution in [2.45, 2.75) is 18.9 Å². The van der Waals surface area contributed by atoms with Gasteiger partial charge in [0.1, 0.15) is 5.78 Å². The topological polar surface area (TPSA) is 101 Å². The van der Waals surface area contributed by atoms with Gasteiger partial charge in [-0.25, -0.2) is 10.6 Å². The molecule has 0 fully saturated rings. The SMILES string of the molecule is NN(C(=O)c1c(Cl)cccc1Cl)[C@@H](CC(=O)Cc1ccccc1)C(=O)O. The van der Waals surface area contributed by atoms with Gasteiger partial charge < -0.3 is 5.11 Å². The molecule has 6 nitrogen and oxygen atoms in total. The van der Waals surface area contributed by atoms with Gasteiger partial charge in [-0.3, -0.25) is 14.6 Å². The van der Waals surface area contributed by atoms with Crippen LogP contribution in [0.25, 0.3) is 0 Å². The molecule has 2 aromatic carbocycles. The average molecular weight is 395 g/mol. The lowest BCUT2D eigenvalue weighted by atomic mass is 10.0. The largest absolute Gasteiger partial charge is 0.480 e. The van der Waals surface area contributed by atoms with Crippen molar-refractivity contribution in [1.82, 2.24) is 5.01 Å². The van der Waals surface area contributed by atoms with E-state index in [1.165, 1.54) is 12.1 Å². The number of nitrogens with two attached hydrogens (primary N) is 1. The van der Waals surface area contributed by atoms with Crippen molar-refractivity contribution < 1.29 is 19.5 Å². The third-order valence-corrected chi connectivity index (χ3v) is 4.33. The Bertz CT molecular complexity index is 807. The molecule has 2 rings (SSSR count). The molecule has 0 heterocycles. The van der Waals surface area contributed by atoms with Crippen molar-refractivity contribution in [2.24, 2.45) is 5.84 Å². The number of benzene rings is 2. The fourth-order valence-corrected chi connectivity index (χ4v) is 2.95. The Morgan fingerprint density at radius 1 is 1.00 bits per heavy atom. The molecule has 0 aliphatic rings. The summed E-state index contributed by atoms with van der Waals surface area (Å²) in [5.41, 5.74) is 0.630. The molecule has 8 heteroatoms. The first-order chi connectivity index (χ1) is 12.3. The number of carbonyl (C=O) groups is 3. The number of hydrogen-bond acceptors (Lipinski definition) is 4. The maximum atomic E-state index is 12.5. The second-order valence-corrected chi connectivity index (χ2v) is 6.38. The van der Waals surface area contributed by atoms with E-state index in [0.717, 1.165) is 5.56 Å². The van der Waals surface area contributed by atoms with Gasteiger partial charge in [0.25, 0.3) is 5.91 Å². The highest BCUT2D eigenvalue weighted by molar-refractivity contribution is 6.39. The van der Waals surface area contributed by atoms with E-state index in [4.69, 9.17) is 29.0 Å². The lowest BCUT2D eigenvalue weighted by Gasteiger charge is -2.24. The second kappa shape index (κ2) is 8.80. The molecule has 0 saturated heterocycles. The lowest BCUT2D eigenvalue weighted by Crippen LogP contribution is -2.50. The zero-order valence-corrected chi connectivity index (χ0v) is 15.1. The summed E-state index contributed by atoms with van der Waals surface area (Å²) in [5.74, 6) is 3.07. The van der Waals surface area contributed by atoms with Gasteiger partial charge in [-0.15, -0.1) is 0 Å². The van der Waals surface area contributed by atoms with E-state index in [1.807, 2.05) is 6.07 Å². The summed E-state index contributed by atoms with van der Waals surface area (Å²) in [7, 11) is 0. The van der Waals surface area contributed by atoms with Crippen molar-refractivity contribution in [3.8, 4) is 0 Å². The van der Waals surface area contributed by atoms with Crippen LogP contribution in [0.15, 0.2) is 48.5 Å². The number of carboxylic acids is 1. The molecule has 0 radical (unpaired) electrons. The van der Waals surface area contributed by atoms with Crippen LogP contribution < -0.4 is 5.84 Å². The van der Waals surface area contributed by atoms with Crippen LogP contribution in [-0.2, 0) is 16.0 Å². The molecule has 0 spiro atoms. The summed E-state index contributed by atoms with van der Waals surface area (Å²) in [6.45, 7) is 0. The highest BCUT2D eigenvalue weighted by atomic mass is 35.5. The van der Waals surface area contributed by atoms with E-state index in [0.29, 0.717) is 5.01 Å². The molecule has 0 aliphatic carbocycles. The van der Waals surface area contributed by atoms with Crippen molar-refractivity contribution in [3.63, 3.8) is 0 Å². The van der Waals surface area contributed by atoms with Crippen LogP contribution in [0.3, 0.4) is 0 Å². The zero-order chi connectivity index (χ0) is 19.3. The predicted octanol–water partition coefficient (Wildman–Crippen LogP) is 2.96. The normalized spacial score (nSPS) is 11.7. The molecule has 2 aromatic rings. The predicted molar refractivity (Wildman–Crippen MR) is 98.0 cm³/mol. The van der Waals surface area contributed by atoms with Gasteiger partial charge in [0.05, 0.1) is 15.6 Å². The third-order valence-electron chi connectivity index (χ3n) is 3.70. The summed E-state index contributed by atoms with van der Waals surface area (Å²) < 4.78 is 0. The highest BCUT2D eigenvalue weighted by Gasteiger charge is 2.32. The van der Waals surface area contributed by atoms with Crippen molar-refractivity contribution in [1.29, 1.82) is 0 Å². The molecule has 1 atom stereocenters. The van der Waals surface area contributed by atoms with Crippen molar-refractivity contribution in [3.05, 3.63) is 69.7 Å². The number of ketones is 1. The van der Waals surface area contributed by atoms with Crippen LogP contribution in [0, 0.1) is 0 Å². The number of hydrazine groups is 1. The minimum atomic E-state index is -1.54. The maximum Gasteiger partial charge on any atom is 0.328 e. The van der Waals surface area contributed by atoms with E-state index < -0.39 is 24.3 Å². The summed E-state index contributed by atoms with van der Waals surface area (Å²) in [6, 6.07) is 11.7. The Kier molecular flexibility index (Phi) is 6.74. The molecule has 0 saturated carbocycles. The van der Waals surface area contributed by atoms with E-state index in [-0.39, 0.29) is 27.8 Å². The van der Waals surface area contributed by atoms with Gasteiger partial charge >= 0.3 is 5.97 Å². The van der Waals surface area contributed by atoms with Crippen LogP contribution in [0.1, 0.15) is 22.3 Å². The summed E-state index contributed by atoms with van der Waals surface area (Å²) >= 11 is 11.9. The van der Waals surface area contributed by atoms with Crippen LogP contribution in [0.5, 0.6) is 0 Å². The minimum Gasteiger partial charge on any atom is -0.480 e. The van der Waals surface area contributed by atoms with Crippen LogP contribution in [0.2, 0.25) is 10.0 Å². The number of carboxylic acid groups (broad SMARTS) is 1. The Morgan fingerprint density at radius 3 is 2.12 bits per heavy atom. The van der Waals surface area contributed by atoms with Crippen LogP contribution in [-0.4, -0.2) is 33.8 Å². The molecule has 0 unspecified atom stereocenters. The second-order valence-electron chi connectivity index (χ2n) is 5.57. The van der Waals surface area contributed by atoms with Crippen LogP contribution in [0.4, 0.5) is 0 Å². The van der Waals surface area contributed by atoms with Crippen molar-refractivity contribution >= 4 is 40.9 Å². The average Bonchev–Trinajstić information content (AvgIpc) is 2.59. The monoisotopic (exact) mass is 394 g/mol. The van der Waals surface area contributed by atoms with Gasteiger partial charge in [0.2, 0.25) is 0 Å². The number of halogens is 2. The number of nitrogens with zero attached hydrogens (tertiary/aromatic N) is 1. The number of aliphatic carboxylic acids is 1. The van der Waals surface area contributed by atoms with E-state index >= 15 is 0 Å². The molecule has 0 aliphatic heterocycles. The molecule has 0 aromatic heterocycles. The number of hydrogen-bond donors (Lipinski definition) is 2. The first kappa shape index (κ1) is 19.9. The smallest absolute Gasteiger partial charge is 0.328 e. The summed E-state index contributed by atoms with van der Waals surface area (Å²) in [4.78, 5) is 36.3. The number of rotatable bonds is 7. The molecular formula is C18H16Cl2N2O4. The Labute approximate surface area is 160 Å². The summed E-state index contributed by atoms with van der Waals surface area (Å²) in [6.07, 6.45) is -0.395. The quantitative estimate of drug-likeness (QED) is 0.427. The standard InChI is InChI=1S/C18H16Cl2N2O4/c19-13-7-4-8-14(20)16(13)17(24)22(21)15(18(25)26)10-12(23)9-11-5-2-1-3-6-11/h1-8,15H,9-10,21H2,(H,25,26)/t15-/m0/s1. The van der Waals surface area contributed by atoms with E-state index in [9.17, 15) is 19.5 Å². The van der Waals surface area contributed by atoms with E-state index in [2.05, 4.69) is 0 Å². The zero-order valence-electron chi connectivity index (χ0n) is 13.6. The minimum absolute atomic E-state index is 0.0395. The van der Waals surface area contributed by atoms with Gasteiger partial charge in [-0.05, 0) is 17.7 Å². The molecule has 26 heavy (non-hydrogen) atoms. The lowest BCUT2D eigenvalue weighted by molar-refractivity contribution is -0.144. The fraction of sp³-hybridized carbons (Fsp3) is 0.167. The Morgan fingerprint density at radius 2 is 1.58 bits per heavy atom. The van der Waals surface area contributed by atoms with Gasteiger partial charge in [-0.2, -0.15) is 0 Å². The fourth-order valence-electron chi connectivity index (χ4n) is 2.39. The number of Topliss-reactive ketones (excluding diaryl/α,β-unsaturated/α-hetero) is 1. The first-order valence-corrected chi connectivity index (χ1v) is 8.37. The number of carbonyl (C=O) groups excluding carboxylic acids is 2. The van der Waals surface area contributed by atoms with E-state index in [1.54, 1.807) is 30.3 Å². The Balaban J connectivity index is 2.17. The molecule has 3 N–H and O–H groups in total. The summed E-state index contributed by atoms with van der Waals surface area (Å²) in [5, 5.41) is 9.96. The number of amides is 1. The third kappa shape index (κ3) is 4.82. The van der Waals surface area contributed by atoms with Crippen molar-refractivity contribution in [2.75, 3.05) is 0 Å².